The minimum Gasteiger partial charge on any atom is -0.456 e. The van der Waals surface area contributed by atoms with E-state index in [1.165, 1.54) is 24.3 Å². The van der Waals surface area contributed by atoms with Gasteiger partial charge in [0.2, 0.25) is 5.88 Å². The third-order valence-electron chi connectivity index (χ3n) is 4.05. The minimum atomic E-state index is -0.740. The molecule has 7 heteroatoms. The van der Waals surface area contributed by atoms with Gasteiger partial charge in [0.1, 0.15) is 17.0 Å². The number of aromatic nitrogens is 1. The maximum atomic E-state index is 14.3. The van der Waals surface area contributed by atoms with E-state index in [0.717, 1.165) is 0 Å². The fraction of sp³-hybridized carbons (Fsp3) is 0.217. The number of halogens is 3. The van der Waals surface area contributed by atoms with Crippen LogP contribution in [0.25, 0.3) is 11.3 Å². The highest BCUT2D eigenvalue weighted by molar-refractivity contribution is 9.10. The zero-order valence-electron chi connectivity index (χ0n) is 16.9. The van der Waals surface area contributed by atoms with Crippen LogP contribution in [-0.4, -0.2) is 16.6 Å². The monoisotopic (exact) mass is 475 g/mol. The van der Waals surface area contributed by atoms with Crippen LogP contribution in [0.1, 0.15) is 36.7 Å². The van der Waals surface area contributed by atoms with Crippen molar-refractivity contribution in [2.45, 2.75) is 33.3 Å². The number of pyridine rings is 1. The zero-order chi connectivity index (χ0) is 22.1. The molecule has 3 aromatic rings. The molecule has 0 aliphatic heterocycles. The fourth-order valence-corrected chi connectivity index (χ4v) is 2.91. The summed E-state index contributed by atoms with van der Waals surface area (Å²) in [7, 11) is 0. The van der Waals surface area contributed by atoms with Crippen LogP contribution in [0.15, 0.2) is 53.0 Å². The van der Waals surface area contributed by atoms with Crippen LogP contribution in [-0.2, 0) is 4.74 Å². The molecule has 156 valence electrons. The second-order valence-electron chi connectivity index (χ2n) is 7.69. The van der Waals surface area contributed by atoms with Gasteiger partial charge in [0.25, 0.3) is 0 Å². The van der Waals surface area contributed by atoms with E-state index in [1.807, 2.05) is 0 Å². The van der Waals surface area contributed by atoms with Crippen LogP contribution in [0.5, 0.6) is 11.6 Å². The molecule has 0 aliphatic rings. The first kappa shape index (κ1) is 21.9. The Kier molecular flexibility index (Phi) is 6.22. The molecular weight excluding hydrogens is 456 g/mol. The zero-order valence-corrected chi connectivity index (χ0v) is 18.5. The number of aryl methyl sites for hydroxylation is 1. The predicted molar refractivity (Wildman–Crippen MR) is 114 cm³/mol. The molecule has 1 heterocycles. The van der Waals surface area contributed by atoms with Gasteiger partial charge in [0.15, 0.2) is 11.6 Å². The van der Waals surface area contributed by atoms with E-state index in [2.05, 4.69) is 20.9 Å². The van der Waals surface area contributed by atoms with Gasteiger partial charge in [-0.05, 0) is 69.7 Å². The summed E-state index contributed by atoms with van der Waals surface area (Å²) < 4.78 is 39.9. The van der Waals surface area contributed by atoms with Crippen LogP contribution >= 0.6 is 15.9 Å². The molecule has 2 aromatic carbocycles. The summed E-state index contributed by atoms with van der Waals surface area (Å²) >= 11 is 3.19. The van der Waals surface area contributed by atoms with Gasteiger partial charge in [-0.1, -0.05) is 28.1 Å². The Balaban J connectivity index is 2.08. The van der Waals surface area contributed by atoms with E-state index in [0.29, 0.717) is 21.3 Å². The quantitative estimate of drug-likeness (QED) is 0.387. The van der Waals surface area contributed by atoms with Gasteiger partial charge in [-0.15, -0.1) is 0 Å². The number of carbonyl (C=O) groups excluding carboxylic acids is 1. The molecule has 0 bridgehead atoms. The Bertz CT molecular complexity index is 1110. The van der Waals surface area contributed by atoms with Crippen LogP contribution in [0, 0.1) is 18.6 Å². The molecule has 0 amide bonds. The summed E-state index contributed by atoms with van der Waals surface area (Å²) in [6, 6.07) is 12.0. The van der Waals surface area contributed by atoms with Crippen molar-refractivity contribution < 1.29 is 23.0 Å². The van der Waals surface area contributed by atoms with E-state index >= 15 is 0 Å². The molecule has 0 unspecified atom stereocenters. The molecule has 30 heavy (non-hydrogen) atoms. The molecule has 0 N–H and O–H groups in total. The number of rotatable bonds is 4. The molecule has 0 radical (unpaired) electrons. The molecule has 0 fully saturated rings. The summed E-state index contributed by atoms with van der Waals surface area (Å²) in [6.07, 6.45) is 0. The third-order valence-corrected chi connectivity index (χ3v) is 4.54. The molecule has 0 atom stereocenters. The van der Waals surface area contributed by atoms with E-state index in [9.17, 15) is 13.6 Å². The summed E-state index contributed by atoms with van der Waals surface area (Å²) in [5.41, 5.74) is 0.653. The summed E-state index contributed by atoms with van der Waals surface area (Å²) in [6.45, 7) is 6.85. The summed E-state index contributed by atoms with van der Waals surface area (Å²) in [5.74, 6) is -1.92. The van der Waals surface area contributed by atoms with Crippen LogP contribution in [0.2, 0.25) is 0 Å². The standard InChI is InChI=1S/C23H20BrF2NO3/c1-13-5-6-14(11-17(13)25)19-9-8-16(22(28)30-23(2,3)4)21(27-19)29-20-10-7-15(24)12-18(20)26/h5-12H,1-4H3. The van der Waals surface area contributed by atoms with E-state index < -0.39 is 17.4 Å². The second-order valence-corrected chi connectivity index (χ2v) is 8.61. The van der Waals surface area contributed by atoms with Crippen molar-refractivity contribution in [3.8, 4) is 22.9 Å². The predicted octanol–water partition coefficient (Wildman–Crippen LogP) is 6.85. The summed E-state index contributed by atoms with van der Waals surface area (Å²) in [4.78, 5) is 17.0. The van der Waals surface area contributed by atoms with Crippen LogP contribution < -0.4 is 4.74 Å². The second kappa shape index (κ2) is 8.52. The first-order valence-corrected chi connectivity index (χ1v) is 9.96. The maximum absolute atomic E-state index is 14.3. The Hall–Kier alpha value is -2.80. The normalized spacial score (nSPS) is 11.3. The Morgan fingerprint density at radius 1 is 1.00 bits per heavy atom. The molecular formula is C23H20BrF2NO3. The number of carbonyl (C=O) groups is 1. The largest absolute Gasteiger partial charge is 0.456 e. The molecule has 0 spiro atoms. The van der Waals surface area contributed by atoms with Crippen molar-refractivity contribution in [1.82, 2.24) is 4.98 Å². The van der Waals surface area contributed by atoms with Gasteiger partial charge in [0.05, 0.1) is 5.69 Å². The number of hydrogen-bond acceptors (Lipinski definition) is 4. The smallest absolute Gasteiger partial charge is 0.344 e. The van der Waals surface area contributed by atoms with Gasteiger partial charge < -0.3 is 9.47 Å². The van der Waals surface area contributed by atoms with Crippen molar-refractivity contribution in [3.63, 3.8) is 0 Å². The van der Waals surface area contributed by atoms with Crippen molar-refractivity contribution in [2.24, 2.45) is 0 Å². The molecule has 0 saturated heterocycles. The fourth-order valence-electron chi connectivity index (χ4n) is 2.58. The topological polar surface area (TPSA) is 48.4 Å². The average molecular weight is 476 g/mol. The highest BCUT2D eigenvalue weighted by Gasteiger charge is 2.24. The number of nitrogens with zero attached hydrogens (tertiary/aromatic N) is 1. The van der Waals surface area contributed by atoms with Gasteiger partial charge in [-0.3, -0.25) is 0 Å². The Morgan fingerprint density at radius 3 is 2.37 bits per heavy atom. The lowest BCUT2D eigenvalue weighted by Gasteiger charge is -2.20. The molecule has 1 aromatic heterocycles. The Morgan fingerprint density at radius 2 is 1.73 bits per heavy atom. The number of benzene rings is 2. The van der Waals surface area contributed by atoms with E-state index in [-0.39, 0.29) is 23.0 Å². The number of hydrogen-bond donors (Lipinski definition) is 0. The molecule has 3 rings (SSSR count). The first-order valence-electron chi connectivity index (χ1n) is 9.17. The Labute approximate surface area is 182 Å². The highest BCUT2D eigenvalue weighted by atomic mass is 79.9. The van der Waals surface area contributed by atoms with Crippen molar-refractivity contribution in [2.75, 3.05) is 0 Å². The number of esters is 1. The lowest BCUT2D eigenvalue weighted by molar-refractivity contribution is 0.00664. The third kappa shape index (κ3) is 5.21. The van der Waals surface area contributed by atoms with Crippen LogP contribution in [0.3, 0.4) is 0 Å². The molecule has 0 aliphatic carbocycles. The highest BCUT2D eigenvalue weighted by Crippen LogP contribution is 2.31. The lowest BCUT2D eigenvalue weighted by atomic mass is 10.1. The van der Waals surface area contributed by atoms with Crippen molar-refractivity contribution >= 4 is 21.9 Å². The van der Waals surface area contributed by atoms with Gasteiger partial charge in [-0.25, -0.2) is 18.6 Å². The number of ether oxygens (including phenoxy) is 2. The van der Waals surface area contributed by atoms with E-state index in [4.69, 9.17) is 9.47 Å². The minimum absolute atomic E-state index is 0.0311. The maximum Gasteiger partial charge on any atom is 0.344 e. The molecule has 0 saturated carbocycles. The summed E-state index contributed by atoms with van der Waals surface area (Å²) in [5, 5.41) is 0. The SMILES string of the molecule is Cc1ccc(-c2ccc(C(=O)OC(C)(C)C)c(Oc3ccc(Br)cc3F)n2)cc1F. The van der Waals surface area contributed by atoms with Crippen molar-refractivity contribution in [3.05, 3.63) is 75.8 Å². The van der Waals surface area contributed by atoms with Gasteiger partial charge in [-0.2, -0.15) is 0 Å². The van der Waals surface area contributed by atoms with Gasteiger partial charge in [0, 0.05) is 10.0 Å². The van der Waals surface area contributed by atoms with Crippen molar-refractivity contribution in [1.29, 1.82) is 0 Å². The van der Waals surface area contributed by atoms with Crippen LogP contribution in [0.4, 0.5) is 8.78 Å². The lowest BCUT2D eigenvalue weighted by Crippen LogP contribution is -2.24. The first-order chi connectivity index (χ1) is 14.0. The van der Waals surface area contributed by atoms with E-state index in [1.54, 1.807) is 52.0 Å². The average Bonchev–Trinajstić information content (AvgIpc) is 2.64. The van der Waals surface area contributed by atoms with Gasteiger partial charge >= 0.3 is 5.97 Å². The molecule has 4 nitrogen and oxygen atoms in total.